The number of rotatable bonds is 4. The molecular formula is C22H22BrF2N3O2. The molecule has 8 heteroatoms. The maximum absolute atomic E-state index is 14.8. The number of hydrogen-bond acceptors (Lipinski definition) is 3. The van der Waals surface area contributed by atoms with Crippen LogP contribution in [-0.4, -0.2) is 46.0 Å². The van der Waals surface area contributed by atoms with Crippen LogP contribution in [0.4, 0.5) is 8.78 Å². The van der Waals surface area contributed by atoms with Gasteiger partial charge in [0.05, 0.1) is 29.7 Å². The summed E-state index contributed by atoms with van der Waals surface area (Å²) in [7, 11) is 0. The van der Waals surface area contributed by atoms with Crippen LogP contribution in [0.2, 0.25) is 0 Å². The van der Waals surface area contributed by atoms with Gasteiger partial charge in [-0.15, -0.1) is 0 Å². The Hall–Kier alpha value is -2.32. The second kappa shape index (κ2) is 8.43. The Labute approximate surface area is 181 Å². The zero-order valence-corrected chi connectivity index (χ0v) is 18.4. The van der Waals surface area contributed by atoms with Gasteiger partial charge in [0.25, 0.3) is 0 Å². The molecule has 5 nitrogen and oxygen atoms in total. The first-order valence-electron chi connectivity index (χ1n) is 9.89. The van der Waals surface area contributed by atoms with E-state index in [9.17, 15) is 13.6 Å². The summed E-state index contributed by atoms with van der Waals surface area (Å²) in [5, 5.41) is 0. The lowest BCUT2D eigenvalue weighted by Gasteiger charge is -2.33. The molecule has 1 aliphatic heterocycles. The fourth-order valence-corrected chi connectivity index (χ4v) is 4.27. The van der Waals surface area contributed by atoms with E-state index in [4.69, 9.17) is 4.74 Å². The van der Waals surface area contributed by atoms with Crippen molar-refractivity contribution >= 4 is 27.5 Å². The van der Waals surface area contributed by atoms with Crippen molar-refractivity contribution in [2.45, 2.75) is 32.8 Å². The first-order chi connectivity index (χ1) is 14.4. The van der Waals surface area contributed by atoms with Crippen molar-refractivity contribution in [1.29, 1.82) is 0 Å². The first-order valence-corrected chi connectivity index (χ1v) is 10.7. The lowest BCUT2D eigenvalue weighted by atomic mass is 10.0. The molecule has 0 radical (unpaired) electrons. The summed E-state index contributed by atoms with van der Waals surface area (Å²) in [5.74, 6) is -1.30. The van der Waals surface area contributed by atoms with Crippen LogP contribution in [0.1, 0.15) is 24.6 Å². The number of fused-ring (bicyclic) bond motifs is 1. The van der Waals surface area contributed by atoms with Gasteiger partial charge in [0.15, 0.2) is 0 Å². The van der Waals surface area contributed by atoms with Gasteiger partial charge in [-0.25, -0.2) is 13.8 Å². The number of halogens is 3. The van der Waals surface area contributed by atoms with E-state index in [0.717, 1.165) is 5.56 Å². The van der Waals surface area contributed by atoms with Crippen molar-refractivity contribution in [3.63, 3.8) is 0 Å². The molecule has 1 aliphatic rings. The third kappa shape index (κ3) is 3.98. The smallest absolute Gasteiger partial charge is 0.222 e. The van der Waals surface area contributed by atoms with E-state index in [1.54, 1.807) is 4.90 Å². The van der Waals surface area contributed by atoms with Crippen LogP contribution in [0, 0.1) is 18.6 Å². The number of aryl methyl sites for hydroxylation is 1. The number of morpholine rings is 1. The predicted molar refractivity (Wildman–Crippen MR) is 113 cm³/mol. The van der Waals surface area contributed by atoms with Gasteiger partial charge in [-0.1, -0.05) is 22.9 Å². The van der Waals surface area contributed by atoms with Gasteiger partial charge < -0.3 is 14.0 Å². The average Bonchev–Trinajstić information content (AvgIpc) is 3.03. The Bertz CT molecular complexity index is 1090. The lowest BCUT2D eigenvalue weighted by Crippen LogP contribution is -2.46. The highest BCUT2D eigenvalue weighted by atomic mass is 79.9. The molecule has 1 fully saturated rings. The van der Waals surface area contributed by atoms with Crippen LogP contribution in [0.5, 0.6) is 0 Å². The molecule has 0 bridgehead atoms. The molecule has 1 aromatic carbocycles. The van der Waals surface area contributed by atoms with Crippen LogP contribution in [-0.2, 0) is 16.0 Å². The molecule has 4 rings (SSSR count). The zero-order valence-electron chi connectivity index (χ0n) is 16.8. The number of benzene rings is 1. The van der Waals surface area contributed by atoms with Crippen molar-refractivity contribution in [1.82, 2.24) is 14.3 Å². The minimum atomic E-state index is -0.685. The number of ether oxygens (including phenoxy) is 1. The second-order valence-corrected chi connectivity index (χ2v) is 8.39. The van der Waals surface area contributed by atoms with Crippen molar-refractivity contribution in [3.8, 4) is 11.3 Å². The maximum atomic E-state index is 14.8. The van der Waals surface area contributed by atoms with E-state index in [1.165, 1.54) is 12.1 Å². The summed E-state index contributed by atoms with van der Waals surface area (Å²) in [6.45, 7) is 5.20. The van der Waals surface area contributed by atoms with Crippen LogP contribution < -0.4 is 0 Å². The summed E-state index contributed by atoms with van der Waals surface area (Å²) in [6, 6.07) is 6.26. The third-order valence-corrected chi connectivity index (χ3v) is 5.80. The normalized spacial score (nSPS) is 17.0. The molecule has 0 saturated carbocycles. The van der Waals surface area contributed by atoms with E-state index >= 15 is 0 Å². The Kier molecular flexibility index (Phi) is 5.88. The molecule has 0 spiro atoms. The Morgan fingerprint density at radius 1 is 1.30 bits per heavy atom. The number of carbonyl (C=O) groups is 1. The number of imidazole rings is 1. The first kappa shape index (κ1) is 20.9. The molecule has 0 aliphatic carbocycles. The largest absolute Gasteiger partial charge is 0.374 e. The molecule has 30 heavy (non-hydrogen) atoms. The quantitative estimate of drug-likeness (QED) is 0.554. The molecule has 3 aromatic rings. The molecule has 1 unspecified atom stereocenters. The van der Waals surface area contributed by atoms with Crippen LogP contribution in [0.25, 0.3) is 16.9 Å². The van der Waals surface area contributed by atoms with E-state index in [1.807, 2.05) is 36.6 Å². The SMILES string of the molecule is CCC(=O)N1CCOC(Cc2c(-c3c(F)cc(Br)cc3F)nc3cc(C)ccn23)C1. The minimum Gasteiger partial charge on any atom is -0.374 e. The topological polar surface area (TPSA) is 46.8 Å². The van der Waals surface area contributed by atoms with Crippen molar-refractivity contribution < 1.29 is 18.3 Å². The average molecular weight is 478 g/mol. The van der Waals surface area contributed by atoms with Crippen LogP contribution >= 0.6 is 15.9 Å². The van der Waals surface area contributed by atoms with Gasteiger partial charge in [-0.2, -0.15) is 0 Å². The van der Waals surface area contributed by atoms with Gasteiger partial charge in [-0.05, 0) is 36.8 Å². The lowest BCUT2D eigenvalue weighted by molar-refractivity contribution is -0.138. The number of amides is 1. The predicted octanol–water partition coefficient (Wildman–Crippen LogP) is 4.53. The second-order valence-electron chi connectivity index (χ2n) is 7.47. The number of pyridine rings is 1. The maximum Gasteiger partial charge on any atom is 0.222 e. The van der Waals surface area contributed by atoms with E-state index in [2.05, 4.69) is 20.9 Å². The van der Waals surface area contributed by atoms with Gasteiger partial charge in [-0.3, -0.25) is 4.79 Å². The van der Waals surface area contributed by atoms with Crippen LogP contribution in [0.3, 0.4) is 0 Å². The number of aromatic nitrogens is 2. The molecule has 158 valence electrons. The summed E-state index contributed by atoms with van der Waals surface area (Å²) < 4.78 is 37.6. The number of hydrogen-bond donors (Lipinski definition) is 0. The van der Waals surface area contributed by atoms with Gasteiger partial charge >= 0.3 is 0 Å². The van der Waals surface area contributed by atoms with E-state index < -0.39 is 11.6 Å². The Balaban J connectivity index is 1.79. The molecule has 2 aromatic heterocycles. The van der Waals surface area contributed by atoms with Gasteiger partial charge in [0.1, 0.15) is 17.3 Å². The molecule has 1 saturated heterocycles. The van der Waals surface area contributed by atoms with Crippen molar-refractivity contribution in [2.75, 3.05) is 19.7 Å². The summed E-state index contributed by atoms with van der Waals surface area (Å²) in [4.78, 5) is 18.5. The fraction of sp³-hybridized carbons (Fsp3) is 0.364. The van der Waals surface area contributed by atoms with Gasteiger partial charge in [0, 0.05) is 36.6 Å². The number of carbonyl (C=O) groups excluding carboxylic acids is 1. The van der Waals surface area contributed by atoms with Crippen LogP contribution in [0.15, 0.2) is 34.9 Å². The molecule has 1 atom stereocenters. The zero-order chi connectivity index (χ0) is 21.4. The van der Waals surface area contributed by atoms with E-state index in [0.29, 0.717) is 48.4 Å². The Morgan fingerprint density at radius 3 is 2.73 bits per heavy atom. The molecule has 3 heterocycles. The monoisotopic (exact) mass is 477 g/mol. The summed E-state index contributed by atoms with van der Waals surface area (Å²) in [6.07, 6.45) is 2.38. The highest BCUT2D eigenvalue weighted by molar-refractivity contribution is 9.10. The van der Waals surface area contributed by atoms with Crippen molar-refractivity contribution in [3.05, 3.63) is 57.8 Å². The van der Waals surface area contributed by atoms with Gasteiger partial charge in [0.2, 0.25) is 5.91 Å². The molecule has 0 N–H and O–H groups in total. The van der Waals surface area contributed by atoms with E-state index in [-0.39, 0.29) is 23.3 Å². The Morgan fingerprint density at radius 2 is 2.03 bits per heavy atom. The highest BCUT2D eigenvalue weighted by Gasteiger charge is 2.28. The van der Waals surface area contributed by atoms with Crippen molar-refractivity contribution in [2.24, 2.45) is 0 Å². The molecule has 1 amide bonds. The summed E-state index contributed by atoms with van der Waals surface area (Å²) >= 11 is 3.13. The highest BCUT2D eigenvalue weighted by Crippen LogP contribution is 2.33. The molecular weight excluding hydrogens is 456 g/mol. The fourth-order valence-electron chi connectivity index (χ4n) is 3.87. The number of nitrogens with zero attached hydrogens (tertiary/aromatic N) is 3. The minimum absolute atomic E-state index is 0.0716. The summed E-state index contributed by atoms with van der Waals surface area (Å²) in [5.41, 5.74) is 2.36. The standard InChI is InChI=1S/C22H22BrF2N3O2/c1-3-20(29)27-6-7-30-15(12-27)11-18-22(21-16(24)9-14(23)10-17(21)25)26-19-8-13(2)4-5-28(18)19/h4-5,8-10,15H,3,6-7,11-12H2,1-2H3. The third-order valence-electron chi connectivity index (χ3n) is 5.34.